The fraction of sp³-hybridized carbons (Fsp3) is 0.0545. The maximum absolute atomic E-state index is 2.58. The Morgan fingerprint density at radius 2 is 0.709 bits per heavy atom. The van der Waals surface area contributed by atoms with E-state index in [1.807, 2.05) is 0 Å². The average Bonchev–Trinajstić information content (AvgIpc) is 3.45. The monoisotopic (exact) mass is 694 g/mol. The molecule has 0 amide bonds. The molecule has 55 heavy (non-hydrogen) atoms. The van der Waals surface area contributed by atoms with Gasteiger partial charge >= 0.3 is 0 Å². The van der Waals surface area contributed by atoms with Crippen molar-refractivity contribution in [3.63, 3.8) is 0 Å². The first-order valence-corrected chi connectivity index (χ1v) is 19.5. The highest BCUT2D eigenvalue weighted by Gasteiger charge is 2.36. The second-order valence-corrected chi connectivity index (χ2v) is 16.4. The van der Waals surface area contributed by atoms with Crippen LogP contribution in [0.4, 0.5) is 0 Å². The van der Waals surface area contributed by atoms with E-state index >= 15 is 0 Å². The maximum Gasteiger partial charge on any atom is 0.0159 e. The summed E-state index contributed by atoms with van der Waals surface area (Å²) in [5.41, 5.74) is 10.6. The molecule has 0 bridgehead atoms. The molecule has 1 aliphatic carbocycles. The molecule has 12 aromatic carbocycles. The minimum absolute atomic E-state index is 0.132. The highest BCUT2D eigenvalue weighted by Crippen LogP contribution is 2.55. The van der Waals surface area contributed by atoms with Crippen LogP contribution in [0.25, 0.3) is 120 Å². The van der Waals surface area contributed by atoms with E-state index < -0.39 is 0 Å². The molecule has 0 aromatic heterocycles. The predicted octanol–water partition coefficient (Wildman–Crippen LogP) is 15.4. The fourth-order valence-corrected chi connectivity index (χ4v) is 10.9. The molecule has 0 saturated heterocycles. The van der Waals surface area contributed by atoms with Gasteiger partial charge < -0.3 is 0 Å². The first-order chi connectivity index (χ1) is 27.0. The van der Waals surface area contributed by atoms with Crippen molar-refractivity contribution < 1.29 is 0 Å². The summed E-state index contributed by atoms with van der Waals surface area (Å²) in [4.78, 5) is 0. The van der Waals surface area contributed by atoms with Crippen LogP contribution in [0.3, 0.4) is 0 Å². The minimum Gasteiger partial charge on any atom is -0.0619 e. The second kappa shape index (κ2) is 10.3. The molecule has 0 heterocycles. The molecule has 0 heteroatoms. The molecule has 0 radical (unpaired) electrons. The Balaban J connectivity index is 1.28. The quantitative estimate of drug-likeness (QED) is 0.125. The summed E-state index contributed by atoms with van der Waals surface area (Å²) in [7, 11) is 0. The van der Waals surface area contributed by atoms with Crippen molar-refractivity contribution in [3.8, 4) is 33.4 Å². The fourth-order valence-electron chi connectivity index (χ4n) is 10.9. The van der Waals surface area contributed by atoms with Crippen molar-refractivity contribution in [1.29, 1.82) is 0 Å². The number of hydrogen-bond acceptors (Lipinski definition) is 0. The van der Waals surface area contributed by atoms with E-state index in [9.17, 15) is 0 Å². The Bertz CT molecular complexity index is 3620. The van der Waals surface area contributed by atoms with E-state index in [2.05, 4.69) is 184 Å². The van der Waals surface area contributed by atoms with Gasteiger partial charge in [-0.1, -0.05) is 159 Å². The lowest BCUT2D eigenvalue weighted by Crippen LogP contribution is -2.14. The van der Waals surface area contributed by atoms with Crippen molar-refractivity contribution >= 4 is 86.2 Å². The summed E-state index contributed by atoms with van der Waals surface area (Å²) in [5.74, 6) is 0. The van der Waals surface area contributed by atoms with Crippen LogP contribution in [-0.2, 0) is 5.41 Å². The lowest BCUT2D eigenvalue weighted by molar-refractivity contribution is 0.661. The standard InChI is InChI=1S/C55H34/c1-55(2)47-22-6-5-17-37(47)42-29-45-46(30-48(42)55)54(44-28-36-16-8-12-32-24-26-34-14-10-21-41(44)52(34)50(32)36)39-19-4-3-18-38(39)53(45)43-27-35-15-7-11-31-23-25-33-13-9-20-40(43)51(33)49(31)35/h3-30H,1-2H3. The molecular formula is C55H34. The van der Waals surface area contributed by atoms with Gasteiger partial charge in [-0.2, -0.15) is 0 Å². The van der Waals surface area contributed by atoms with Gasteiger partial charge in [0.05, 0.1) is 0 Å². The Labute approximate surface area is 318 Å². The Morgan fingerprint density at radius 1 is 0.273 bits per heavy atom. The molecule has 254 valence electrons. The Hall–Kier alpha value is -6.76. The van der Waals surface area contributed by atoms with E-state index in [0.29, 0.717) is 0 Å². The molecule has 0 N–H and O–H groups in total. The van der Waals surface area contributed by atoms with E-state index in [1.54, 1.807) is 0 Å². The van der Waals surface area contributed by atoms with Gasteiger partial charge in [-0.15, -0.1) is 0 Å². The van der Waals surface area contributed by atoms with E-state index in [0.717, 1.165) is 0 Å². The summed E-state index contributed by atoms with van der Waals surface area (Å²) in [6, 6.07) is 64.8. The molecule has 12 aromatic rings. The van der Waals surface area contributed by atoms with Crippen molar-refractivity contribution in [3.05, 3.63) is 181 Å². The van der Waals surface area contributed by atoms with Gasteiger partial charge in [0.1, 0.15) is 0 Å². The molecule has 1 aliphatic rings. The zero-order chi connectivity index (χ0) is 36.2. The molecule has 0 atom stereocenters. The van der Waals surface area contributed by atoms with Crippen LogP contribution in [0.1, 0.15) is 25.0 Å². The average molecular weight is 695 g/mol. The van der Waals surface area contributed by atoms with Crippen molar-refractivity contribution in [2.24, 2.45) is 0 Å². The van der Waals surface area contributed by atoms with Crippen molar-refractivity contribution in [2.75, 3.05) is 0 Å². The number of rotatable bonds is 2. The lowest BCUT2D eigenvalue weighted by atomic mass is 9.78. The highest BCUT2D eigenvalue weighted by molar-refractivity contribution is 6.33. The van der Waals surface area contributed by atoms with E-state index in [4.69, 9.17) is 0 Å². The SMILES string of the molecule is CC1(C)c2ccccc2-c2cc3c(-c4cc5cccc6ccc7cccc4c7c65)c4ccccc4c(-c4cc5cccc6ccc7cccc4c7c65)c3cc21. The van der Waals surface area contributed by atoms with Gasteiger partial charge in [0, 0.05) is 5.41 Å². The normalized spacial score (nSPS) is 13.8. The van der Waals surface area contributed by atoms with Crippen LogP contribution in [0.15, 0.2) is 170 Å². The number of hydrogen-bond donors (Lipinski definition) is 0. The molecule has 0 spiro atoms. The van der Waals surface area contributed by atoms with Crippen LogP contribution in [0.2, 0.25) is 0 Å². The number of benzene rings is 12. The minimum atomic E-state index is -0.132. The third-order valence-corrected chi connectivity index (χ3v) is 13.3. The molecule has 13 rings (SSSR count). The van der Waals surface area contributed by atoms with Crippen LogP contribution in [0.5, 0.6) is 0 Å². The zero-order valence-corrected chi connectivity index (χ0v) is 30.7. The molecule has 0 aliphatic heterocycles. The van der Waals surface area contributed by atoms with E-state index in [-0.39, 0.29) is 5.41 Å². The summed E-state index contributed by atoms with van der Waals surface area (Å²) >= 11 is 0. The topological polar surface area (TPSA) is 0 Å². The molecule has 0 saturated carbocycles. The summed E-state index contributed by atoms with van der Waals surface area (Å²) < 4.78 is 0. The summed E-state index contributed by atoms with van der Waals surface area (Å²) in [5, 5.41) is 21.0. The van der Waals surface area contributed by atoms with Gasteiger partial charge in [0.25, 0.3) is 0 Å². The predicted molar refractivity (Wildman–Crippen MR) is 237 cm³/mol. The maximum atomic E-state index is 2.58. The zero-order valence-electron chi connectivity index (χ0n) is 30.7. The van der Waals surface area contributed by atoms with Crippen molar-refractivity contribution in [1.82, 2.24) is 0 Å². The third-order valence-electron chi connectivity index (χ3n) is 13.3. The second-order valence-electron chi connectivity index (χ2n) is 16.4. The Morgan fingerprint density at radius 3 is 1.27 bits per heavy atom. The van der Waals surface area contributed by atoms with Crippen LogP contribution >= 0.6 is 0 Å². The van der Waals surface area contributed by atoms with E-state index in [1.165, 1.54) is 131 Å². The van der Waals surface area contributed by atoms with Crippen molar-refractivity contribution in [2.45, 2.75) is 19.3 Å². The largest absolute Gasteiger partial charge is 0.0619 e. The third kappa shape index (κ3) is 3.72. The van der Waals surface area contributed by atoms with Crippen LogP contribution in [-0.4, -0.2) is 0 Å². The number of fused-ring (bicyclic) bond motifs is 5. The van der Waals surface area contributed by atoms with Gasteiger partial charge in [0.15, 0.2) is 0 Å². The Kier molecular flexibility index (Phi) is 5.53. The molecule has 0 unspecified atom stereocenters. The summed E-state index contributed by atoms with van der Waals surface area (Å²) in [6.45, 7) is 4.81. The van der Waals surface area contributed by atoms with Crippen LogP contribution in [0, 0.1) is 0 Å². The van der Waals surface area contributed by atoms with Gasteiger partial charge in [-0.05, 0) is 155 Å². The first-order valence-electron chi connectivity index (χ1n) is 19.5. The summed E-state index contributed by atoms with van der Waals surface area (Å²) in [6.07, 6.45) is 0. The highest BCUT2D eigenvalue weighted by atomic mass is 14.4. The molecule has 0 fully saturated rings. The van der Waals surface area contributed by atoms with Gasteiger partial charge in [-0.3, -0.25) is 0 Å². The first kappa shape index (κ1) is 29.7. The lowest BCUT2D eigenvalue weighted by Gasteiger charge is -2.25. The van der Waals surface area contributed by atoms with Gasteiger partial charge in [0.2, 0.25) is 0 Å². The smallest absolute Gasteiger partial charge is 0.0159 e. The van der Waals surface area contributed by atoms with Crippen LogP contribution < -0.4 is 0 Å². The molecular weight excluding hydrogens is 661 g/mol. The van der Waals surface area contributed by atoms with Gasteiger partial charge in [-0.25, -0.2) is 0 Å². The molecule has 0 nitrogen and oxygen atoms in total.